The predicted octanol–water partition coefficient (Wildman–Crippen LogP) is 2.21. The van der Waals surface area contributed by atoms with Gasteiger partial charge in [-0.15, -0.1) is 0 Å². The molecule has 3 N–H and O–H groups in total. The van der Waals surface area contributed by atoms with Gasteiger partial charge in [-0.25, -0.2) is 20.0 Å². The Balaban J connectivity index is 2.26. The Kier molecular flexibility index (Phi) is 9.93. The van der Waals surface area contributed by atoms with E-state index in [1.807, 2.05) is 6.92 Å². The van der Waals surface area contributed by atoms with E-state index in [0.717, 1.165) is 0 Å². The van der Waals surface area contributed by atoms with E-state index in [9.17, 15) is 19.4 Å². The fourth-order valence-electron chi connectivity index (χ4n) is 3.28. The first kappa shape index (κ1) is 29.2. The van der Waals surface area contributed by atoms with Crippen molar-refractivity contribution in [2.75, 3.05) is 18.7 Å². The molecule has 0 aliphatic rings. The van der Waals surface area contributed by atoms with Crippen LogP contribution in [-0.4, -0.2) is 67.8 Å². The molecule has 0 spiro atoms. The first-order chi connectivity index (χ1) is 16.8. The number of rotatable bonds is 13. The lowest BCUT2D eigenvalue weighted by Gasteiger charge is -2.32. The summed E-state index contributed by atoms with van der Waals surface area (Å²) in [4.78, 5) is 37.5. The minimum Gasteiger partial charge on any atom is -0.464 e. The van der Waals surface area contributed by atoms with E-state index in [2.05, 4.69) is 20.0 Å². The van der Waals surface area contributed by atoms with E-state index < -0.39 is 49.0 Å². The highest BCUT2D eigenvalue weighted by molar-refractivity contribution is 7.63. The van der Waals surface area contributed by atoms with Crippen LogP contribution in [0.2, 0.25) is 0 Å². The molecular weight excluding hydrogens is 489 g/mol. The lowest BCUT2D eigenvalue weighted by molar-refractivity contribution is -0.150. The number of carbonyl (C=O) groups is 2. The number of hydrogen-bond acceptors (Lipinski definition) is 11. The number of imidazole rings is 1. The number of nitrogen functional groups attached to an aromatic ring is 1. The Morgan fingerprint density at radius 1 is 1.28 bits per heavy atom. The van der Waals surface area contributed by atoms with E-state index in [1.54, 1.807) is 31.4 Å². The maximum atomic E-state index is 14.1. The van der Waals surface area contributed by atoms with E-state index in [-0.39, 0.29) is 19.0 Å². The molecule has 2 unspecified atom stereocenters. The minimum atomic E-state index is -4.03. The van der Waals surface area contributed by atoms with Crippen molar-refractivity contribution in [3.63, 3.8) is 0 Å². The highest BCUT2D eigenvalue weighted by Crippen LogP contribution is 2.49. The molecule has 0 bridgehead atoms. The standard InChI is InChI=1S/C22H34N7O6P/c1-7-8-33-21(31)22(5,6)28-36(32,16(9-23)20(30)35-14(2)3)13-34-15(4)10-29-12-27-17-18(24)25-11-26-19(17)29/h11-12,14-16H,7-8,10,13H2,1-6H3,(H,28,32)(H2,24,25,26)/t15-,16?,36?/m1/s1. The van der Waals surface area contributed by atoms with E-state index in [4.69, 9.17) is 19.9 Å². The largest absolute Gasteiger partial charge is 0.464 e. The molecule has 13 nitrogen and oxygen atoms in total. The quantitative estimate of drug-likeness (QED) is 0.288. The van der Waals surface area contributed by atoms with Gasteiger partial charge in [0, 0.05) is 0 Å². The van der Waals surface area contributed by atoms with Crippen molar-refractivity contribution in [3.05, 3.63) is 12.7 Å². The minimum absolute atomic E-state index is 0.172. The Bertz CT molecular complexity index is 1160. The van der Waals surface area contributed by atoms with Crippen molar-refractivity contribution in [2.45, 2.75) is 77.9 Å². The Labute approximate surface area is 210 Å². The summed E-state index contributed by atoms with van der Waals surface area (Å²) in [5.74, 6) is -1.41. The van der Waals surface area contributed by atoms with Crippen molar-refractivity contribution in [1.82, 2.24) is 24.6 Å². The van der Waals surface area contributed by atoms with E-state index in [0.29, 0.717) is 17.6 Å². The summed E-state index contributed by atoms with van der Waals surface area (Å²) in [6.07, 6.45) is 1.84. The summed E-state index contributed by atoms with van der Waals surface area (Å²) in [7, 11) is -4.03. The molecule has 2 aromatic rings. The van der Waals surface area contributed by atoms with Gasteiger partial charge in [-0.3, -0.25) is 9.59 Å². The third kappa shape index (κ3) is 7.22. The van der Waals surface area contributed by atoms with Crippen LogP contribution in [0, 0.1) is 11.3 Å². The second-order valence-corrected chi connectivity index (χ2v) is 11.7. The molecule has 0 radical (unpaired) electrons. The molecule has 2 aromatic heterocycles. The van der Waals surface area contributed by atoms with Crippen LogP contribution in [-0.2, 0) is 34.9 Å². The van der Waals surface area contributed by atoms with Crippen LogP contribution in [0.3, 0.4) is 0 Å². The van der Waals surface area contributed by atoms with Crippen LogP contribution in [0.4, 0.5) is 5.82 Å². The summed E-state index contributed by atoms with van der Waals surface area (Å²) >= 11 is 0. The molecular formula is C22H34N7O6P. The first-order valence-electron chi connectivity index (χ1n) is 11.5. The Hall–Kier alpha value is -3.07. The highest BCUT2D eigenvalue weighted by atomic mass is 31.2. The molecule has 2 heterocycles. The number of nitrogens with one attached hydrogen (secondary N) is 1. The molecule has 0 saturated heterocycles. The summed E-state index contributed by atoms with van der Waals surface area (Å²) in [5, 5.41) is 12.5. The second-order valence-electron chi connectivity index (χ2n) is 9.12. The van der Waals surface area contributed by atoms with Crippen molar-refractivity contribution in [3.8, 4) is 6.07 Å². The molecule has 36 heavy (non-hydrogen) atoms. The van der Waals surface area contributed by atoms with Crippen molar-refractivity contribution in [1.29, 1.82) is 5.26 Å². The lowest BCUT2D eigenvalue weighted by Crippen LogP contribution is -2.49. The SMILES string of the molecule is CCCOC(=O)C(C)(C)NP(=O)(CO[C@H](C)Cn1cnc2c(N)ncnc21)C(C#N)C(=O)OC(C)C. The number of fused-ring (bicyclic) bond motifs is 1. The van der Waals surface area contributed by atoms with Crippen LogP contribution in [0.15, 0.2) is 12.7 Å². The molecule has 0 aliphatic heterocycles. The second kappa shape index (κ2) is 12.3. The molecule has 0 saturated carbocycles. The van der Waals surface area contributed by atoms with Gasteiger partial charge in [-0.2, -0.15) is 5.26 Å². The van der Waals surface area contributed by atoms with Gasteiger partial charge in [0.05, 0.1) is 37.8 Å². The van der Waals surface area contributed by atoms with E-state index >= 15 is 0 Å². The van der Waals surface area contributed by atoms with Crippen LogP contribution in [0.25, 0.3) is 11.2 Å². The van der Waals surface area contributed by atoms with Gasteiger partial charge in [0.2, 0.25) is 13.0 Å². The molecule has 0 fully saturated rings. The maximum Gasteiger partial charge on any atom is 0.332 e. The van der Waals surface area contributed by atoms with Gasteiger partial charge in [-0.1, -0.05) is 6.92 Å². The zero-order chi connectivity index (χ0) is 27.1. The number of ether oxygens (including phenoxy) is 3. The van der Waals surface area contributed by atoms with E-state index in [1.165, 1.54) is 26.5 Å². The summed E-state index contributed by atoms with van der Waals surface area (Å²) in [6, 6.07) is 1.77. The smallest absolute Gasteiger partial charge is 0.332 e. The van der Waals surface area contributed by atoms with Crippen LogP contribution in [0.1, 0.15) is 48.0 Å². The zero-order valence-electron chi connectivity index (χ0n) is 21.4. The number of nitrogens with two attached hydrogens (primary N) is 1. The Morgan fingerprint density at radius 3 is 2.58 bits per heavy atom. The monoisotopic (exact) mass is 523 g/mol. The summed E-state index contributed by atoms with van der Waals surface area (Å²) in [5.41, 5.74) is 3.58. The number of anilines is 1. The van der Waals surface area contributed by atoms with Gasteiger partial charge in [0.1, 0.15) is 23.7 Å². The summed E-state index contributed by atoms with van der Waals surface area (Å²) < 4.78 is 32.0. The van der Waals surface area contributed by atoms with Crippen molar-refractivity contribution in [2.24, 2.45) is 0 Å². The predicted molar refractivity (Wildman–Crippen MR) is 132 cm³/mol. The van der Waals surface area contributed by atoms with Gasteiger partial charge in [0.25, 0.3) is 0 Å². The number of aromatic nitrogens is 4. The molecule has 2 rings (SSSR count). The molecule has 198 valence electrons. The van der Waals surface area contributed by atoms with Crippen LogP contribution in [0.5, 0.6) is 0 Å². The van der Waals surface area contributed by atoms with Crippen LogP contribution < -0.4 is 10.8 Å². The number of hydrogen-bond donors (Lipinski definition) is 2. The van der Waals surface area contributed by atoms with Gasteiger partial charge in [0.15, 0.2) is 11.5 Å². The fraction of sp³-hybridized carbons (Fsp3) is 0.636. The third-order valence-corrected chi connectivity index (χ3v) is 7.60. The van der Waals surface area contributed by atoms with Crippen molar-refractivity contribution >= 4 is 36.2 Å². The molecule has 3 atom stereocenters. The lowest BCUT2D eigenvalue weighted by atomic mass is 10.1. The number of nitriles is 1. The number of carbonyl (C=O) groups excluding carboxylic acids is 2. The average molecular weight is 524 g/mol. The Morgan fingerprint density at radius 2 is 1.97 bits per heavy atom. The molecule has 0 amide bonds. The average Bonchev–Trinajstić information content (AvgIpc) is 3.19. The summed E-state index contributed by atoms with van der Waals surface area (Å²) in [6.45, 7) is 10.1. The van der Waals surface area contributed by atoms with Gasteiger partial charge >= 0.3 is 11.9 Å². The van der Waals surface area contributed by atoms with Gasteiger partial charge in [-0.05, 0) is 41.0 Å². The highest BCUT2D eigenvalue weighted by Gasteiger charge is 2.46. The van der Waals surface area contributed by atoms with Crippen molar-refractivity contribution < 1.29 is 28.4 Å². The van der Waals surface area contributed by atoms with Crippen LogP contribution >= 0.6 is 7.29 Å². The first-order valence-corrected chi connectivity index (χ1v) is 13.5. The topological polar surface area (TPSA) is 184 Å². The zero-order valence-corrected chi connectivity index (χ0v) is 22.3. The molecule has 14 heteroatoms. The van der Waals surface area contributed by atoms with Gasteiger partial charge < -0.3 is 29.1 Å². The molecule has 0 aromatic carbocycles. The molecule has 0 aliphatic carbocycles. The number of esters is 2. The maximum absolute atomic E-state index is 14.1. The fourth-order valence-corrected chi connectivity index (χ4v) is 5.72. The normalized spacial score (nSPS) is 15.2. The third-order valence-electron chi connectivity index (χ3n) is 4.97. The number of nitrogens with zero attached hydrogens (tertiary/aromatic N) is 5.